The van der Waals surface area contributed by atoms with Crippen molar-refractivity contribution in [3.8, 4) is 0 Å². The van der Waals surface area contributed by atoms with E-state index in [2.05, 4.69) is 32.1 Å². The molecule has 0 N–H and O–H groups in total. The highest BCUT2D eigenvalue weighted by Crippen LogP contribution is 2.33. The maximum atomic E-state index is 13.0. The lowest BCUT2D eigenvalue weighted by Gasteiger charge is -2.35. The number of fused-ring (bicyclic) bond motifs is 2. The second-order valence-corrected chi connectivity index (χ2v) is 7.65. The molecule has 3 heterocycles. The first kappa shape index (κ1) is 16.5. The lowest BCUT2D eigenvalue weighted by molar-refractivity contribution is 0.0671. The standard InChI is InChI=1S/C18H16BrClN4O/c1-10-5-14-11(2)23(4-3-12(14)6-15(10)20)18(25)16-7-17-21-8-13(19)9-24(17)22-16/h5-9,11H,3-4H2,1-2H3. The number of carbonyl (C=O) groups is 1. The molecule has 0 aliphatic carbocycles. The number of hydrogen-bond acceptors (Lipinski definition) is 3. The number of aromatic nitrogens is 3. The van der Waals surface area contributed by atoms with Crippen LogP contribution in [0.2, 0.25) is 5.02 Å². The second kappa shape index (κ2) is 6.11. The summed E-state index contributed by atoms with van der Waals surface area (Å²) in [4.78, 5) is 19.2. The largest absolute Gasteiger partial charge is 0.330 e. The number of amides is 1. The van der Waals surface area contributed by atoms with Crippen LogP contribution in [0, 0.1) is 6.92 Å². The zero-order chi connectivity index (χ0) is 17.7. The van der Waals surface area contributed by atoms with Gasteiger partial charge in [0.1, 0.15) is 0 Å². The number of rotatable bonds is 1. The second-order valence-electron chi connectivity index (χ2n) is 6.33. The van der Waals surface area contributed by atoms with Gasteiger partial charge in [-0.05, 0) is 59.0 Å². The molecule has 1 aliphatic heterocycles. The van der Waals surface area contributed by atoms with E-state index in [-0.39, 0.29) is 11.9 Å². The molecule has 1 unspecified atom stereocenters. The molecule has 1 aromatic carbocycles. The van der Waals surface area contributed by atoms with E-state index in [4.69, 9.17) is 11.6 Å². The van der Waals surface area contributed by atoms with Crippen LogP contribution in [-0.2, 0) is 6.42 Å². The first-order valence-corrected chi connectivity index (χ1v) is 9.22. The number of halogens is 2. The van der Waals surface area contributed by atoms with Gasteiger partial charge in [-0.1, -0.05) is 17.7 Å². The Morgan fingerprint density at radius 1 is 1.36 bits per heavy atom. The summed E-state index contributed by atoms with van der Waals surface area (Å²) in [5.74, 6) is -0.0765. The van der Waals surface area contributed by atoms with E-state index < -0.39 is 0 Å². The van der Waals surface area contributed by atoms with Crippen molar-refractivity contribution in [2.45, 2.75) is 26.3 Å². The Labute approximate surface area is 158 Å². The molecule has 0 bridgehead atoms. The van der Waals surface area contributed by atoms with Gasteiger partial charge in [-0.3, -0.25) is 4.79 Å². The molecule has 1 amide bonds. The van der Waals surface area contributed by atoms with Gasteiger partial charge in [0.05, 0.1) is 10.5 Å². The van der Waals surface area contributed by atoms with Gasteiger partial charge in [0.25, 0.3) is 5.91 Å². The van der Waals surface area contributed by atoms with Crippen LogP contribution in [0.3, 0.4) is 0 Å². The van der Waals surface area contributed by atoms with Crippen molar-refractivity contribution in [2.75, 3.05) is 6.54 Å². The van der Waals surface area contributed by atoms with Gasteiger partial charge >= 0.3 is 0 Å². The summed E-state index contributed by atoms with van der Waals surface area (Å²) in [6, 6.07) is 5.82. The van der Waals surface area contributed by atoms with E-state index in [0.29, 0.717) is 17.9 Å². The molecule has 3 aromatic rings. The minimum absolute atomic E-state index is 0.0169. The molecular weight excluding hydrogens is 404 g/mol. The van der Waals surface area contributed by atoms with Crippen molar-refractivity contribution in [1.82, 2.24) is 19.5 Å². The molecule has 25 heavy (non-hydrogen) atoms. The van der Waals surface area contributed by atoms with Crippen molar-refractivity contribution >= 4 is 39.1 Å². The third kappa shape index (κ3) is 2.83. The predicted molar refractivity (Wildman–Crippen MR) is 100 cm³/mol. The maximum absolute atomic E-state index is 13.0. The Morgan fingerprint density at radius 3 is 2.96 bits per heavy atom. The van der Waals surface area contributed by atoms with Crippen LogP contribution in [0.1, 0.15) is 40.1 Å². The van der Waals surface area contributed by atoms with Crippen LogP contribution in [0.5, 0.6) is 0 Å². The molecule has 2 aromatic heterocycles. The quantitative estimate of drug-likeness (QED) is 0.593. The van der Waals surface area contributed by atoms with Gasteiger partial charge in [0, 0.05) is 30.0 Å². The summed E-state index contributed by atoms with van der Waals surface area (Å²) >= 11 is 9.61. The molecule has 0 saturated carbocycles. The van der Waals surface area contributed by atoms with E-state index in [0.717, 1.165) is 27.0 Å². The summed E-state index contributed by atoms with van der Waals surface area (Å²) in [6.07, 6.45) is 4.28. The molecule has 7 heteroatoms. The van der Waals surface area contributed by atoms with E-state index in [1.54, 1.807) is 23.0 Å². The van der Waals surface area contributed by atoms with Crippen LogP contribution < -0.4 is 0 Å². The Kier molecular flexibility index (Phi) is 4.04. The molecule has 5 nitrogen and oxygen atoms in total. The third-order valence-electron chi connectivity index (χ3n) is 4.72. The van der Waals surface area contributed by atoms with Gasteiger partial charge in [-0.2, -0.15) is 5.10 Å². The topological polar surface area (TPSA) is 50.5 Å². The highest BCUT2D eigenvalue weighted by Gasteiger charge is 2.30. The van der Waals surface area contributed by atoms with Crippen molar-refractivity contribution in [3.63, 3.8) is 0 Å². The highest BCUT2D eigenvalue weighted by atomic mass is 79.9. The van der Waals surface area contributed by atoms with Crippen LogP contribution in [0.4, 0.5) is 0 Å². The Balaban J connectivity index is 1.68. The fourth-order valence-electron chi connectivity index (χ4n) is 3.34. The Morgan fingerprint density at radius 2 is 2.16 bits per heavy atom. The number of benzene rings is 1. The van der Waals surface area contributed by atoms with Gasteiger partial charge in [-0.25, -0.2) is 9.50 Å². The van der Waals surface area contributed by atoms with Crippen LogP contribution in [0.15, 0.2) is 35.1 Å². The van der Waals surface area contributed by atoms with Crippen molar-refractivity contribution in [1.29, 1.82) is 0 Å². The number of hydrogen-bond donors (Lipinski definition) is 0. The fourth-order valence-corrected chi connectivity index (χ4v) is 3.82. The fraction of sp³-hybridized carbons (Fsp3) is 0.278. The summed E-state index contributed by atoms with van der Waals surface area (Å²) in [5.41, 5.74) is 4.47. The molecule has 0 fully saturated rings. The lowest BCUT2D eigenvalue weighted by atomic mass is 9.91. The number of carbonyl (C=O) groups excluding carboxylic acids is 1. The van der Waals surface area contributed by atoms with E-state index in [9.17, 15) is 4.79 Å². The molecule has 0 spiro atoms. The number of nitrogens with zero attached hydrogens (tertiary/aromatic N) is 4. The van der Waals surface area contributed by atoms with E-state index in [1.165, 1.54) is 5.56 Å². The van der Waals surface area contributed by atoms with E-state index in [1.807, 2.05) is 24.8 Å². The maximum Gasteiger partial charge on any atom is 0.274 e. The van der Waals surface area contributed by atoms with E-state index >= 15 is 0 Å². The molecule has 1 atom stereocenters. The lowest BCUT2D eigenvalue weighted by Crippen LogP contribution is -2.39. The predicted octanol–water partition coefficient (Wildman–Crippen LogP) is 4.21. The van der Waals surface area contributed by atoms with Crippen molar-refractivity contribution in [2.24, 2.45) is 0 Å². The van der Waals surface area contributed by atoms with Gasteiger partial charge < -0.3 is 4.90 Å². The normalized spacial score (nSPS) is 17.0. The van der Waals surface area contributed by atoms with Gasteiger partial charge in [0.15, 0.2) is 11.3 Å². The minimum Gasteiger partial charge on any atom is -0.330 e. The highest BCUT2D eigenvalue weighted by molar-refractivity contribution is 9.10. The monoisotopic (exact) mass is 418 g/mol. The minimum atomic E-state index is -0.0765. The Bertz CT molecular complexity index is 1000. The summed E-state index contributed by atoms with van der Waals surface area (Å²) < 4.78 is 2.43. The van der Waals surface area contributed by atoms with Gasteiger partial charge in [0.2, 0.25) is 0 Å². The molecule has 128 valence electrons. The zero-order valence-electron chi connectivity index (χ0n) is 13.8. The molecule has 4 rings (SSSR count). The van der Waals surface area contributed by atoms with Crippen LogP contribution in [0.25, 0.3) is 5.65 Å². The average Bonchev–Trinajstić information content (AvgIpc) is 2.99. The van der Waals surface area contributed by atoms with Crippen molar-refractivity contribution in [3.05, 3.63) is 62.5 Å². The smallest absolute Gasteiger partial charge is 0.274 e. The summed E-state index contributed by atoms with van der Waals surface area (Å²) in [6.45, 7) is 4.69. The zero-order valence-corrected chi connectivity index (χ0v) is 16.2. The van der Waals surface area contributed by atoms with Gasteiger partial charge in [-0.15, -0.1) is 0 Å². The van der Waals surface area contributed by atoms with Crippen LogP contribution in [-0.4, -0.2) is 31.9 Å². The SMILES string of the molecule is Cc1cc2c(cc1Cl)CCN(C(=O)c1cc3ncc(Br)cn3n1)C2C. The van der Waals surface area contributed by atoms with Crippen LogP contribution >= 0.6 is 27.5 Å². The average molecular weight is 420 g/mol. The molecule has 0 saturated heterocycles. The molecular formula is C18H16BrClN4O. The third-order valence-corrected chi connectivity index (χ3v) is 5.54. The summed E-state index contributed by atoms with van der Waals surface area (Å²) in [5, 5.41) is 5.16. The molecule has 1 aliphatic rings. The first-order chi connectivity index (χ1) is 11.9. The number of aryl methyl sites for hydroxylation is 1. The Hall–Kier alpha value is -1.92. The molecule has 0 radical (unpaired) electrons. The first-order valence-electron chi connectivity index (χ1n) is 8.05. The van der Waals surface area contributed by atoms with Crippen molar-refractivity contribution < 1.29 is 4.79 Å². The summed E-state index contributed by atoms with van der Waals surface area (Å²) in [7, 11) is 0.